The molecule has 1 amide bonds. The molecule has 1 aromatic rings. The van der Waals surface area contributed by atoms with Crippen LogP contribution >= 0.6 is 22.9 Å². The Morgan fingerprint density at radius 2 is 2.29 bits per heavy atom. The van der Waals surface area contributed by atoms with Gasteiger partial charge in [0, 0.05) is 11.9 Å². The fourth-order valence-electron chi connectivity index (χ4n) is 0.814. The van der Waals surface area contributed by atoms with Crippen LogP contribution in [0.5, 0.6) is 0 Å². The first-order valence-electron chi connectivity index (χ1n) is 3.83. The van der Waals surface area contributed by atoms with Crippen molar-refractivity contribution in [2.45, 2.75) is 6.42 Å². The highest BCUT2D eigenvalue weighted by molar-refractivity contribution is 7.14. The van der Waals surface area contributed by atoms with E-state index in [0.29, 0.717) is 9.90 Å². The lowest BCUT2D eigenvalue weighted by molar-refractivity contribution is -0.136. The van der Waals surface area contributed by atoms with Crippen molar-refractivity contribution in [3.05, 3.63) is 21.3 Å². The molecule has 1 aromatic heterocycles. The Labute approximate surface area is 89.5 Å². The van der Waals surface area contributed by atoms with Crippen molar-refractivity contribution in [1.29, 1.82) is 0 Å². The monoisotopic (exact) mass is 233 g/mol. The van der Waals surface area contributed by atoms with Crippen LogP contribution in [-0.4, -0.2) is 23.5 Å². The largest absolute Gasteiger partial charge is 0.481 e. The zero-order chi connectivity index (χ0) is 10.6. The summed E-state index contributed by atoms with van der Waals surface area (Å²) in [6, 6.07) is 1.54. The van der Waals surface area contributed by atoms with E-state index >= 15 is 0 Å². The van der Waals surface area contributed by atoms with Gasteiger partial charge in [0.25, 0.3) is 5.91 Å². The maximum atomic E-state index is 11.3. The molecule has 0 aromatic carbocycles. The SMILES string of the molecule is O=C(O)CCNC(=O)c1csc(Cl)c1. The highest BCUT2D eigenvalue weighted by atomic mass is 35.5. The molecule has 0 aliphatic heterocycles. The number of aliphatic carboxylic acids is 1. The number of carboxylic acids is 1. The van der Waals surface area contributed by atoms with Gasteiger partial charge in [-0.15, -0.1) is 11.3 Å². The van der Waals surface area contributed by atoms with Gasteiger partial charge in [-0.2, -0.15) is 0 Å². The molecule has 6 heteroatoms. The van der Waals surface area contributed by atoms with E-state index in [1.807, 2.05) is 0 Å². The molecule has 0 bridgehead atoms. The Hall–Kier alpha value is -1.07. The normalized spacial score (nSPS) is 9.79. The second kappa shape index (κ2) is 4.97. The van der Waals surface area contributed by atoms with Gasteiger partial charge >= 0.3 is 5.97 Å². The quantitative estimate of drug-likeness (QED) is 0.830. The smallest absolute Gasteiger partial charge is 0.305 e. The Balaban J connectivity index is 2.39. The van der Waals surface area contributed by atoms with Gasteiger partial charge in [0.2, 0.25) is 0 Å². The number of nitrogens with one attached hydrogen (secondary N) is 1. The summed E-state index contributed by atoms with van der Waals surface area (Å²) in [5, 5.41) is 12.4. The number of carbonyl (C=O) groups is 2. The molecular weight excluding hydrogens is 226 g/mol. The number of carboxylic acid groups (broad SMARTS) is 1. The van der Waals surface area contributed by atoms with Crippen LogP contribution in [0.15, 0.2) is 11.4 Å². The van der Waals surface area contributed by atoms with E-state index in [1.54, 1.807) is 11.4 Å². The van der Waals surface area contributed by atoms with Crippen LogP contribution in [-0.2, 0) is 4.79 Å². The highest BCUT2D eigenvalue weighted by Crippen LogP contribution is 2.19. The Kier molecular flexibility index (Phi) is 3.91. The molecule has 0 aliphatic carbocycles. The molecule has 1 heterocycles. The van der Waals surface area contributed by atoms with Crippen LogP contribution in [0.25, 0.3) is 0 Å². The maximum absolute atomic E-state index is 11.3. The molecule has 4 nitrogen and oxygen atoms in total. The fourth-order valence-corrected chi connectivity index (χ4v) is 1.67. The van der Waals surface area contributed by atoms with Gasteiger partial charge < -0.3 is 10.4 Å². The number of carbonyl (C=O) groups excluding carboxylic acids is 1. The fraction of sp³-hybridized carbons (Fsp3) is 0.250. The number of hydrogen-bond donors (Lipinski definition) is 2. The van der Waals surface area contributed by atoms with E-state index in [1.165, 1.54) is 11.3 Å². The third kappa shape index (κ3) is 3.35. The van der Waals surface area contributed by atoms with Gasteiger partial charge in [-0.05, 0) is 6.07 Å². The molecule has 2 N–H and O–H groups in total. The van der Waals surface area contributed by atoms with Crippen molar-refractivity contribution in [1.82, 2.24) is 5.32 Å². The molecule has 0 saturated carbocycles. The van der Waals surface area contributed by atoms with Gasteiger partial charge in [0.05, 0.1) is 16.3 Å². The van der Waals surface area contributed by atoms with Crippen molar-refractivity contribution >= 4 is 34.8 Å². The van der Waals surface area contributed by atoms with Crippen LogP contribution in [0.3, 0.4) is 0 Å². The summed E-state index contributed by atoms with van der Waals surface area (Å²) < 4.78 is 0.536. The summed E-state index contributed by atoms with van der Waals surface area (Å²) in [6.07, 6.45) is -0.0798. The first-order valence-corrected chi connectivity index (χ1v) is 5.09. The minimum absolute atomic E-state index is 0.0798. The first kappa shape index (κ1) is 11.0. The molecular formula is C8H8ClNO3S. The van der Waals surface area contributed by atoms with Crippen molar-refractivity contribution < 1.29 is 14.7 Å². The molecule has 0 fully saturated rings. The molecule has 76 valence electrons. The van der Waals surface area contributed by atoms with Gasteiger partial charge in [0.1, 0.15) is 0 Å². The maximum Gasteiger partial charge on any atom is 0.305 e. The van der Waals surface area contributed by atoms with Gasteiger partial charge in [-0.25, -0.2) is 0 Å². The summed E-state index contributed by atoms with van der Waals surface area (Å²) in [6.45, 7) is 0.127. The Morgan fingerprint density at radius 1 is 1.57 bits per heavy atom. The number of rotatable bonds is 4. The predicted molar refractivity (Wildman–Crippen MR) is 53.9 cm³/mol. The van der Waals surface area contributed by atoms with E-state index < -0.39 is 5.97 Å². The summed E-state index contributed by atoms with van der Waals surface area (Å²) in [5.41, 5.74) is 0.463. The number of thiophene rings is 1. The minimum atomic E-state index is -0.936. The van der Waals surface area contributed by atoms with Crippen molar-refractivity contribution in [3.8, 4) is 0 Å². The lowest BCUT2D eigenvalue weighted by atomic mass is 10.3. The van der Waals surface area contributed by atoms with Gasteiger partial charge in [-0.3, -0.25) is 9.59 Å². The first-order chi connectivity index (χ1) is 6.59. The van der Waals surface area contributed by atoms with E-state index in [0.717, 1.165) is 0 Å². The molecule has 0 atom stereocenters. The van der Waals surface area contributed by atoms with Crippen molar-refractivity contribution in [2.24, 2.45) is 0 Å². The third-order valence-electron chi connectivity index (χ3n) is 1.45. The molecule has 0 unspecified atom stereocenters. The summed E-state index contributed by atoms with van der Waals surface area (Å²) in [4.78, 5) is 21.4. The highest BCUT2D eigenvalue weighted by Gasteiger charge is 2.07. The molecule has 0 aliphatic rings. The second-order valence-electron chi connectivity index (χ2n) is 2.54. The van der Waals surface area contributed by atoms with Gasteiger partial charge in [0.15, 0.2) is 0 Å². The second-order valence-corrected chi connectivity index (χ2v) is 4.08. The number of halogens is 1. The van der Waals surface area contributed by atoms with Crippen LogP contribution in [0.1, 0.15) is 16.8 Å². The lowest BCUT2D eigenvalue weighted by Crippen LogP contribution is -2.25. The van der Waals surface area contributed by atoms with E-state index in [9.17, 15) is 9.59 Å². The van der Waals surface area contributed by atoms with Crippen LogP contribution in [0, 0.1) is 0 Å². The Morgan fingerprint density at radius 3 is 2.79 bits per heavy atom. The lowest BCUT2D eigenvalue weighted by Gasteiger charge is -1.99. The van der Waals surface area contributed by atoms with E-state index in [2.05, 4.69) is 5.32 Å². The van der Waals surface area contributed by atoms with E-state index in [4.69, 9.17) is 16.7 Å². The van der Waals surface area contributed by atoms with Crippen molar-refractivity contribution in [3.63, 3.8) is 0 Å². The van der Waals surface area contributed by atoms with Crippen LogP contribution in [0.4, 0.5) is 0 Å². The third-order valence-corrected chi connectivity index (χ3v) is 2.55. The molecule has 14 heavy (non-hydrogen) atoms. The zero-order valence-corrected chi connectivity index (χ0v) is 8.69. The average Bonchev–Trinajstić information content (AvgIpc) is 2.51. The summed E-state index contributed by atoms with van der Waals surface area (Å²) in [7, 11) is 0. The number of hydrogen-bond acceptors (Lipinski definition) is 3. The van der Waals surface area contributed by atoms with Crippen LogP contribution in [0.2, 0.25) is 4.34 Å². The van der Waals surface area contributed by atoms with Crippen LogP contribution < -0.4 is 5.32 Å². The molecule has 0 spiro atoms. The predicted octanol–water partition coefficient (Wildman–Crippen LogP) is 1.61. The summed E-state index contributed by atoms with van der Waals surface area (Å²) >= 11 is 6.89. The standard InChI is InChI=1S/C8H8ClNO3S/c9-6-3-5(4-14-6)8(13)10-2-1-7(11)12/h3-4H,1-2H2,(H,10,13)(H,11,12). The number of amides is 1. The minimum Gasteiger partial charge on any atom is -0.481 e. The van der Waals surface area contributed by atoms with Gasteiger partial charge in [-0.1, -0.05) is 11.6 Å². The molecule has 0 radical (unpaired) electrons. The van der Waals surface area contributed by atoms with Crippen molar-refractivity contribution in [2.75, 3.05) is 6.54 Å². The molecule has 1 rings (SSSR count). The van der Waals surface area contributed by atoms with E-state index in [-0.39, 0.29) is 18.9 Å². The zero-order valence-electron chi connectivity index (χ0n) is 7.12. The average molecular weight is 234 g/mol. The topological polar surface area (TPSA) is 66.4 Å². The Bertz CT molecular complexity index is 350. The molecule has 0 saturated heterocycles. The summed E-state index contributed by atoms with van der Waals surface area (Å²) in [5.74, 6) is -1.23.